The summed E-state index contributed by atoms with van der Waals surface area (Å²) in [6.07, 6.45) is 0.542. The highest BCUT2D eigenvalue weighted by atomic mass is 16.5. The van der Waals surface area contributed by atoms with Gasteiger partial charge in [0.1, 0.15) is 5.75 Å². The van der Waals surface area contributed by atoms with E-state index in [0.717, 1.165) is 16.7 Å². The first-order valence-electron chi connectivity index (χ1n) is 7.83. The number of hydrogen-bond acceptors (Lipinski definition) is 4. The van der Waals surface area contributed by atoms with Crippen molar-refractivity contribution < 1.29 is 14.6 Å². The molecule has 1 aromatic heterocycles. The number of fused-ring (bicyclic) bond motifs is 1. The Labute approximate surface area is 136 Å². The number of aryl methyl sites for hydroxylation is 1. The van der Waals surface area contributed by atoms with Gasteiger partial charge in [0.25, 0.3) is 5.91 Å². The van der Waals surface area contributed by atoms with Gasteiger partial charge in [0.05, 0.1) is 23.9 Å². The van der Waals surface area contributed by atoms with Gasteiger partial charge < -0.3 is 15.2 Å². The average Bonchev–Trinajstić information content (AvgIpc) is 2.52. The lowest BCUT2D eigenvalue weighted by atomic mass is 10.0. The second-order valence-electron chi connectivity index (χ2n) is 6.02. The van der Waals surface area contributed by atoms with Gasteiger partial charge in [-0.2, -0.15) is 0 Å². The van der Waals surface area contributed by atoms with E-state index >= 15 is 0 Å². The van der Waals surface area contributed by atoms with Crippen molar-refractivity contribution in [2.75, 3.05) is 13.7 Å². The lowest BCUT2D eigenvalue weighted by Gasteiger charge is -2.22. The van der Waals surface area contributed by atoms with Gasteiger partial charge in [-0.1, -0.05) is 13.8 Å². The number of carbonyl (C=O) groups excluding carboxylic acids is 1. The van der Waals surface area contributed by atoms with Crippen LogP contribution in [0, 0.1) is 12.8 Å². The van der Waals surface area contributed by atoms with Crippen LogP contribution in [-0.4, -0.2) is 35.8 Å². The van der Waals surface area contributed by atoms with Crippen LogP contribution in [0.4, 0.5) is 0 Å². The third kappa shape index (κ3) is 3.99. The Morgan fingerprint density at radius 3 is 2.70 bits per heavy atom. The maximum absolute atomic E-state index is 12.6. The standard InChI is InChI=1S/C18H24N2O3/c1-11(2)16(7-8-21)20-18(22)15-9-13-5-6-14(23-4)10-17(13)19-12(15)3/h5-6,9-11,16,21H,7-8H2,1-4H3,(H,20,22). The van der Waals surface area contributed by atoms with Crippen LogP contribution < -0.4 is 10.1 Å². The van der Waals surface area contributed by atoms with E-state index in [1.807, 2.05) is 45.0 Å². The quantitative estimate of drug-likeness (QED) is 0.859. The molecule has 0 aliphatic heterocycles. The Morgan fingerprint density at radius 1 is 1.35 bits per heavy atom. The highest BCUT2D eigenvalue weighted by molar-refractivity contribution is 5.98. The van der Waals surface area contributed by atoms with Crippen molar-refractivity contribution in [3.63, 3.8) is 0 Å². The number of amides is 1. The summed E-state index contributed by atoms with van der Waals surface area (Å²) in [5.41, 5.74) is 2.04. The number of nitrogens with one attached hydrogen (secondary N) is 1. The predicted molar refractivity (Wildman–Crippen MR) is 90.8 cm³/mol. The largest absolute Gasteiger partial charge is 0.497 e. The molecule has 2 N–H and O–H groups in total. The summed E-state index contributed by atoms with van der Waals surface area (Å²) >= 11 is 0. The average molecular weight is 316 g/mol. The maximum Gasteiger partial charge on any atom is 0.253 e. The zero-order chi connectivity index (χ0) is 17.0. The normalized spacial score (nSPS) is 12.4. The van der Waals surface area contributed by atoms with E-state index in [0.29, 0.717) is 17.7 Å². The Morgan fingerprint density at radius 2 is 2.09 bits per heavy atom. The Bertz CT molecular complexity index is 698. The molecule has 0 aliphatic carbocycles. The molecule has 5 nitrogen and oxygen atoms in total. The van der Waals surface area contributed by atoms with E-state index in [-0.39, 0.29) is 24.5 Å². The fourth-order valence-electron chi connectivity index (χ4n) is 2.56. The minimum Gasteiger partial charge on any atom is -0.497 e. The molecule has 2 rings (SSSR count). The molecule has 0 spiro atoms. The number of aromatic nitrogens is 1. The fraction of sp³-hybridized carbons (Fsp3) is 0.444. The number of hydrogen-bond donors (Lipinski definition) is 2. The monoisotopic (exact) mass is 316 g/mol. The van der Waals surface area contributed by atoms with Crippen LogP contribution in [0.2, 0.25) is 0 Å². The summed E-state index contributed by atoms with van der Waals surface area (Å²) in [7, 11) is 1.61. The molecule has 0 bridgehead atoms. The molecule has 2 aromatic rings. The highest BCUT2D eigenvalue weighted by Crippen LogP contribution is 2.22. The minimum absolute atomic E-state index is 0.0534. The first-order valence-corrected chi connectivity index (χ1v) is 7.83. The Hall–Kier alpha value is -2.14. The molecule has 1 atom stereocenters. The van der Waals surface area contributed by atoms with E-state index in [4.69, 9.17) is 9.84 Å². The summed E-state index contributed by atoms with van der Waals surface area (Å²) in [4.78, 5) is 17.1. The van der Waals surface area contributed by atoms with Gasteiger partial charge in [-0.25, -0.2) is 0 Å². The van der Waals surface area contributed by atoms with Crippen molar-refractivity contribution in [2.24, 2.45) is 5.92 Å². The minimum atomic E-state index is -0.153. The zero-order valence-electron chi connectivity index (χ0n) is 14.1. The first-order chi connectivity index (χ1) is 11.0. The molecule has 1 unspecified atom stereocenters. The zero-order valence-corrected chi connectivity index (χ0v) is 14.1. The van der Waals surface area contributed by atoms with Gasteiger partial charge in [-0.05, 0) is 37.5 Å². The number of pyridine rings is 1. The number of rotatable bonds is 6. The van der Waals surface area contributed by atoms with Crippen LogP contribution in [0.1, 0.15) is 36.3 Å². The number of aliphatic hydroxyl groups excluding tert-OH is 1. The molecule has 1 aromatic carbocycles. The number of carbonyl (C=O) groups is 1. The topological polar surface area (TPSA) is 71.5 Å². The molecule has 0 saturated carbocycles. The maximum atomic E-state index is 12.6. The van der Waals surface area contributed by atoms with Gasteiger partial charge in [0.15, 0.2) is 0 Å². The molecule has 0 fully saturated rings. The summed E-state index contributed by atoms with van der Waals surface area (Å²) in [5, 5.41) is 13.0. The summed E-state index contributed by atoms with van der Waals surface area (Å²) in [6.45, 7) is 5.93. The second kappa shape index (κ2) is 7.42. The molecule has 0 aliphatic rings. The van der Waals surface area contributed by atoms with Crippen LogP contribution in [0.3, 0.4) is 0 Å². The van der Waals surface area contributed by atoms with E-state index in [2.05, 4.69) is 10.3 Å². The number of nitrogens with zero attached hydrogens (tertiary/aromatic N) is 1. The van der Waals surface area contributed by atoms with Crippen LogP contribution >= 0.6 is 0 Å². The van der Waals surface area contributed by atoms with Gasteiger partial charge in [0, 0.05) is 24.1 Å². The molecule has 5 heteroatoms. The van der Waals surface area contributed by atoms with Gasteiger partial charge in [0.2, 0.25) is 0 Å². The van der Waals surface area contributed by atoms with Gasteiger partial charge in [-0.3, -0.25) is 9.78 Å². The molecular formula is C18H24N2O3. The molecule has 0 saturated heterocycles. The fourth-order valence-corrected chi connectivity index (χ4v) is 2.56. The van der Waals surface area contributed by atoms with E-state index < -0.39 is 0 Å². The third-order valence-corrected chi connectivity index (χ3v) is 4.02. The molecule has 1 amide bonds. The van der Waals surface area contributed by atoms with Crippen LogP contribution in [-0.2, 0) is 0 Å². The molecule has 1 heterocycles. The second-order valence-corrected chi connectivity index (χ2v) is 6.02. The lowest BCUT2D eigenvalue weighted by Crippen LogP contribution is -2.39. The van der Waals surface area contributed by atoms with E-state index in [1.54, 1.807) is 7.11 Å². The summed E-state index contributed by atoms with van der Waals surface area (Å²) in [5.74, 6) is 0.841. The number of ether oxygens (including phenoxy) is 1. The van der Waals surface area contributed by atoms with Crippen molar-refractivity contribution >= 4 is 16.8 Å². The molecule has 23 heavy (non-hydrogen) atoms. The Balaban J connectivity index is 2.31. The first kappa shape index (κ1) is 17.2. The van der Waals surface area contributed by atoms with E-state index in [1.165, 1.54) is 0 Å². The Kier molecular flexibility index (Phi) is 5.55. The molecule has 0 radical (unpaired) electrons. The van der Waals surface area contributed by atoms with Crippen molar-refractivity contribution in [2.45, 2.75) is 33.2 Å². The van der Waals surface area contributed by atoms with Crippen molar-refractivity contribution in [3.8, 4) is 5.75 Å². The predicted octanol–water partition coefficient (Wildman–Crippen LogP) is 2.69. The number of aliphatic hydroxyl groups is 1. The van der Waals surface area contributed by atoms with Gasteiger partial charge in [-0.15, -0.1) is 0 Å². The SMILES string of the molecule is COc1ccc2cc(C(=O)NC(CCO)C(C)C)c(C)nc2c1. The van der Waals surface area contributed by atoms with E-state index in [9.17, 15) is 4.79 Å². The summed E-state index contributed by atoms with van der Waals surface area (Å²) in [6, 6.07) is 7.39. The molecular weight excluding hydrogens is 292 g/mol. The van der Waals surface area contributed by atoms with Crippen molar-refractivity contribution in [3.05, 3.63) is 35.5 Å². The smallest absolute Gasteiger partial charge is 0.253 e. The number of methoxy groups -OCH3 is 1. The van der Waals surface area contributed by atoms with Crippen LogP contribution in [0.5, 0.6) is 5.75 Å². The van der Waals surface area contributed by atoms with Crippen molar-refractivity contribution in [1.82, 2.24) is 10.3 Å². The highest BCUT2D eigenvalue weighted by Gasteiger charge is 2.19. The van der Waals surface area contributed by atoms with Crippen molar-refractivity contribution in [1.29, 1.82) is 0 Å². The molecule has 124 valence electrons. The number of benzene rings is 1. The lowest BCUT2D eigenvalue weighted by molar-refractivity contribution is 0.0915. The summed E-state index contributed by atoms with van der Waals surface area (Å²) < 4.78 is 5.20. The van der Waals surface area contributed by atoms with Crippen LogP contribution in [0.25, 0.3) is 10.9 Å². The van der Waals surface area contributed by atoms with Crippen LogP contribution in [0.15, 0.2) is 24.3 Å². The van der Waals surface area contributed by atoms with Gasteiger partial charge >= 0.3 is 0 Å². The third-order valence-electron chi connectivity index (χ3n) is 4.02.